The summed E-state index contributed by atoms with van der Waals surface area (Å²) in [5.74, 6) is 0. The maximum Gasteiger partial charge on any atom is 0.180 e. The lowest BCUT2D eigenvalue weighted by Crippen LogP contribution is -1.85. The summed E-state index contributed by atoms with van der Waals surface area (Å²) >= 11 is 2.81. The van der Waals surface area contributed by atoms with Gasteiger partial charge >= 0.3 is 0 Å². The van der Waals surface area contributed by atoms with Crippen molar-refractivity contribution in [2.24, 2.45) is 0 Å². The van der Waals surface area contributed by atoms with Crippen LogP contribution < -0.4 is 5.73 Å². The highest BCUT2D eigenvalue weighted by Crippen LogP contribution is 2.28. The standard InChI is InChI=1S/C7H8N4S2/c1-2-4-6(13-11-10-4)5-3-12-7(8)9-5/h3H,2H2,1H3,(H2,8,9). The maximum absolute atomic E-state index is 5.55. The molecule has 2 rings (SSSR count). The van der Waals surface area contributed by atoms with Crippen LogP contribution in [-0.4, -0.2) is 14.6 Å². The molecule has 0 aromatic carbocycles. The van der Waals surface area contributed by atoms with Crippen molar-refractivity contribution in [3.05, 3.63) is 11.1 Å². The van der Waals surface area contributed by atoms with Crippen LogP contribution in [0.15, 0.2) is 5.38 Å². The van der Waals surface area contributed by atoms with Gasteiger partial charge in [-0.25, -0.2) is 4.98 Å². The van der Waals surface area contributed by atoms with E-state index in [1.807, 2.05) is 5.38 Å². The van der Waals surface area contributed by atoms with Gasteiger partial charge in [0.15, 0.2) is 5.13 Å². The van der Waals surface area contributed by atoms with E-state index in [9.17, 15) is 0 Å². The normalized spacial score (nSPS) is 10.5. The van der Waals surface area contributed by atoms with Gasteiger partial charge in [-0.1, -0.05) is 11.4 Å². The lowest BCUT2D eigenvalue weighted by Gasteiger charge is -1.91. The molecule has 0 saturated carbocycles. The van der Waals surface area contributed by atoms with E-state index in [0.717, 1.165) is 22.7 Å². The summed E-state index contributed by atoms with van der Waals surface area (Å²) in [7, 11) is 0. The summed E-state index contributed by atoms with van der Waals surface area (Å²) in [6, 6.07) is 0. The van der Waals surface area contributed by atoms with Crippen LogP contribution in [0.1, 0.15) is 12.6 Å². The molecule has 2 aromatic rings. The first-order valence-electron chi connectivity index (χ1n) is 3.84. The zero-order valence-corrected chi connectivity index (χ0v) is 8.65. The highest BCUT2D eigenvalue weighted by atomic mass is 32.1. The Morgan fingerprint density at radius 3 is 3.00 bits per heavy atom. The van der Waals surface area contributed by atoms with Crippen LogP contribution >= 0.6 is 22.9 Å². The van der Waals surface area contributed by atoms with Crippen molar-refractivity contribution in [2.75, 3.05) is 5.73 Å². The molecule has 0 aliphatic rings. The van der Waals surface area contributed by atoms with Gasteiger partial charge in [0.1, 0.15) is 0 Å². The molecule has 0 spiro atoms. The number of hydrogen-bond donors (Lipinski definition) is 1. The molecule has 13 heavy (non-hydrogen) atoms. The van der Waals surface area contributed by atoms with E-state index < -0.39 is 0 Å². The number of aryl methyl sites for hydroxylation is 1. The molecule has 0 amide bonds. The SMILES string of the molecule is CCc1nnsc1-c1csc(N)n1. The van der Waals surface area contributed by atoms with E-state index >= 15 is 0 Å². The van der Waals surface area contributed by atoms with E-state index in [1.54, 1.807) is 0 Å². The Morgan fingerprint density at radius 1 is 1.54 bits per heavy atom. The minimum absolute atomic E-state index is 0.588. The van der Waals surface area contributed by atoms with Crippen molar-refractivity contribution in [1.29, 1.82) is 0 Å². The molecule has 0 fully saturated rings. The summed E-state index contributed by atoms with van der Waals surface area (Å²) in [6.45, 7) is 2.05. The van der Waals surface area contributed by atoms with Gasteiger partial charge in [0, 0.05) is 5.38 Å². The van der Waals surface area contributed by atoms with Crippen molar-refractivity contribution >= 4 is 28.0 Å². The summed E-state index contributed by atoms with van der Waals surface area (Å²) in [4.78, 5) is 5.23. The van der Waals surface area contributed by atoms with Crippen LogP contribution in [-0.2, 0) is 6.42 Å². The third-order valence-electron chi connectivity index (χ3n) is 1.65. The molecule has 0 atom stereocenters. The number of nitrogens with two attached hydrogens (primary N) is 1. The smallest absolute Gasteiger partial charge is 0.180 e. The highest BCUT2D eigenvalue weighted by Gasteiger charge is 2.10. The number of nitrogens with zero attached hydrogens (tertiary/aromatic N) is 3. The van der Waals surface area contributed by atoms with Gasteiger partial charge in [0.25, 0.3) is 0 Å². The largest absolute Gasteiger partial charge is 0.375 e. The van der Waals surface area contributed by atoms with Crippen molar-refractivity contribution in [3.8, 4) is 10.6 Å². The van der Waals surface area contributed by atoms with E-state index in [-0.39, 0.29) is 0 Å². The summed E-state index contributed by atoms with van der Waals surface area (Å²) in [5.41, 5.74) is 7.44. The predicted octanol–water partition coefficient (Wildman–Crippen LogP) is 1.81. The number of thiazole rings is 1. The summed E-state index contributed by atoms with van der Waals surface area (Å²) in [6.07, 6.45) is 0.878. The molecule has 0 aliphatic heterocycles. The average molecular weight is 212 g/mol. The Morgan fingerprint density at radius 2 is 2.38 bits per heavy atom. The fraction of sp³-hybridized carbons (Fsp3) is 0.286. The second kappa shape index (κ2) is 3.39. The first kappa shape index (κ1) is 8.58. The van der Waals surface area contributed by atoms with Crippen molar-refractivity contribution in [1.82, 2.24) is 14.6 Å². The molecular formula is C7H8N4S2. The van der Waals surface area contributed by atoms with E-state index in [2.05, 4.69) is 21.5 Å². The molecule has 2 N–H and O–H groups in total. The van der Waals surface area contributed by atoms with E-state index in [0.29, 0.717) is 5.13 Å². The Hall–Kier alpha value is -1.01. The second-order valence-electron chi connectivity index (χ2n) is 2.47. The monoisotopic (exact) mass is 212 g/mol. The summed E-state index contributed by atoms with van der Waals surface area (Å²) < 4.78 is 3.89. The van der Waals surface area contributed by atoms with Crippen LogP contribution in [0.3, 0.4) is 0 Å². The molecule has 68 valence electrons. The molecule has 0 radical (unpaired) electrons. The third kappa shape index (κ3) is 1.54. The average Bonchev–Trinajstić information content (AvgIpc) is 2.71. The lowest BCUT2D eigenvalue weighted by atomic mass is 10.2. The van der Waals surface area contributed by atoms with Gasteiger partial charge in [-0.05, 0) is 18.0 Å². The zero-order chi connectivity index (χ0) is 9.26. The molecule has 6 heteroatoms. The number of anilines is 1. The fourth-order valence-corrected chi connectivity index (χ4v) is 2.36. The molecular weight excluding hydrogens is 204 g/mol. The number of hydrogen-bond acceptors (Lipinski definition) is 6. The van der Waals surface area contributed by atoms with Gasteiger partial charge in [-0.3, -0.25) is 0 Å². The van der Waals surface area contributed by atoms with Crippen LogP contribution in [0, 0.1) is 0 Å². The van der Waals surface area contributed by atoms with Crippen molar-refractivity contribution in [3.63, 3.8) is 0 Å². The first-order valence-corrected chi connectivity index (χ1v) is 5.49. The minimum atomic E-state index is 0.588. The number of rotatable bonds is 2. The Balaban J connectivity index is 2.45. The van der Waals surface area contributed by atoms with Crippen molar-refractivity contribution in [2.45, 2.75) is 13.3 Å². The zero-order valence-electron chi connectivity index (χ0n) is 7.02. The van der Waals surface area contributed by atoms with Gasteiger partial charge < -0.3 is 5.73 Å². The maximum atomic E-state index is 5.55. The Bertz CT molecular complexity index is 406. The summed E-state index contributed by atoms with van der Waals surface area (Å²) in [5, 5.41) is 6.54. The molecule has 4 nitrogen and oxygen atoms in total. The Kier molecular flexibility index (Phi) is 2.24. The van der Waals surface area contributed by atoms with Gasteiger partial charge in [0.2, 0.25) is 0 Å². The third-order valence-corrected chi connectivity index (χ3v) is 3.11. The molecule has 0 unspecified atom stereocenters. The molecule has 0 bridgehead atoms. The lowest BCUT2D eigenvalue weighted by molar-refractivity contribution is 0.991. The van der Waals surface area contributed by atoms with Gasteiger partial charge in [0.05, 0.1) is 16.3 Å². The van der Waals surface area contributed by atoms with Gasteiger partial charge in [-0.15, -0.1) is 16.4 Å². The molecule has 0 aliphatic carbocycles. The van der Waals surface area contributed by atoms with Gasteiger partial charge in [-0.2, -0.15) is 0 Å². The Labute approximate surface area is 83.6 Å². The fourth-order valence-electron chi connectivity index (χ4n) is 1.03. The topological polar surface area (TPSA) is 64.7 Å². The van der Waals surface area contributed by atoms with E-state index in [4.69, 9.17) is 5.73 Å². The van der Waals surface area contributed by atoms with Crippen LogP contribution in [0.2, 0.25) is 0 Å². The molecule has 2 heterocycles. The van der Waals surface area contributed by atoms with Crippen molar-refractivity contribution < 1.29 is 0 Å². The number of aromatic nitrogens is 3. The molecule has 2 aromatic heterocycles. The van der Waals surface area contributed by atoms with E-state index in [1.165, 1.54) is 22.9 Å². The second-order valence-corrected chi connectivity index (χ2v) is 4.12. The first-order chi connectivity index (χ1) is 6.31. The quantitative estimate of drug-likeness (QED) is 0.824. The predicted molar refractivity (Wildman–Crippen MR) is 54.8 cm³/mol. The minimum Gasteiger partial charge on any atom is -0.375 e. The molecule has 0 saturated heterocycles. The number of nitrogen functional groups attached to an aromatic ring is 1. The highest BCUT2D eigenvalue weighted by molar-refractivity contribution is 7.14. The van der Waals surface area contributed by atoms with Crippen LogP contribution in [0.25, 0.3) is 10.6 Å². The van der Waals surface area contributed by atoms with Crippen LogP contribution in [0.5, 0.6) is 0 Å². The van der Waals surface area contributed by atoms with Crippen LogP contribution in [0.4, 0.5) is 5.13 Å².